The van der Waals surface area contributed by atoms with Crippen molar-refractivity contribution in [3.05, 3.63) is 22.5 Å². The third-order valence-electron chi connectivity index (χ3n) is 1.25. The molecule has 0 saturated heterocycles. The van der Waals surface area contributed by atoms with Crippen LogP contribution in [0.1, 0.15) is 11.3 Å². The van der Waals surface area contributed by atoms with Gasteiger partial charge in [-0.2, -0.15) is 5.10 Å². The molecule has 1 aromatic rings. The molecule has 3 nitrogen and oxygen atoms in total. The fourth-order valence-electron chi connectivity index (χ4n) is 0.680. The largest absolute Gasteiger partial charge is 0.325 e. The Kier molecular flexibility index (Phi) is 2.19. The second kappa shape index (κ2) is 2.94. The number of halogens is 1. The predicted octanol–water partition coefficient (Wildman–Crippen LogP) is 0.897. The highest BCUT2D eigenvalue weighted by Crippen LogP contribution is 2.07. The SMILES string of the molecule is Cc1cc(Cl)nnc1CN. The van der Waals surface area contributed by atoms with E-state index in [0.717, 1.165) is 11.3 Å². The standard InChI is InChI=1S/C6H8ClN3/c1-4-2-6(7)10-9-5(4)3-8/h2H,3,8H2,1H3. The van der Waals surface area contributed by atoms with E-state index in [1.807, 2.05) is 6.92 Å². The minimum absolute atomic E-state index is 0.412. The van der Waals surface area contributed by atoms with Crippen molar-refractivity contribution in [3.63, 3.8) is 0 Å². The van der Waals surface area contributed by atoms with Crippen molar-refractivity contribution in [1.82, 2.24) is 10.2 Å². The van der Waals surface area contributed by atoms with E-state index in [0.29, 0.717) is 11.7 Å². The molecule has 0 aromatic carbocycles. The van der Waals surface area contributed by atoms with Gasteiger partial charge < -0.3 is 5.73 Å². The van der Waals surface area contributed by atoms with Gasteiger partial charge in [0.25, 0.3) is 0 Å². The molecule has 54 valence electrons. The first-order valence-corrected chi connectivity index (χ1v) is 3.30. The lowest BCUT2D eigenvalue weighted by Crippen LogP contribution is -2.03. The molecule has 0 bridgehead atoms. The smallest absolute Gasteiger partial charge is 0.151 e. The average molecular weight is 158 g/mol. The highest BCUT2D eigenvalue weighted by atomic mass is 35.5. The van der Waals surface area contributed by atoms with Gasteiger partial charge in [-0.05, 0) is 18.6 Å². The van der Waals surface area contributed by atoms with Gasteiger partial charge in [-0.25, -0.2) is 0 Å². The van der Waals surface area contributed by atoms with Crippen LogP contribution in [0.2, 0.25) is 5.15 Å². The molecule has 0 spiro atoms. The summed E-state index contributed by atoms with van der Waals surface area (Å²) in [6.45, 7) is 2.32. The van der Waals surface area contributed by atoms with Crippen LogP contribution >= 0.6 is 11.6 Å². The molecule has 0 amide bonds. The number of nitrogens with two attached hydrogens (primary N) is 1. The van der Waals surface area contributed by atoms with Crippen molar-refractivity contribution in [2.45, 2.75) is 13.5 Å². The Bertz CT molecular complexity index is 236. The molecule has 0 unspecified atom stereocenters. The summed E-state index contributed by atoms with van der Waals surface area (Å²) in [5, 5.41) is 7.85. The Morgan fingerprint density at radius 2 is 2.30 bits per heavy atom. The van der Waals surface area contributed by atoms with Crippen LogP contribution in [0.5, 0.6) is 0 Å². The number of rotatable bonds is 1. The average Bonchev–Trinajstić information content (AvgIpc) is 1.88. The Balaban J connectivity index is 3.07. The first-order valence-electron chi connectivity index (χ1n) is 2.93. The lowest BCUT2D eigenvalue weighted by atomic mass is 10.2. The summed E-state index contributed by atoms with van der Waals surface area (Å²) in [7, 11) is 0. The van der Waals surface area contributed by atoms with Gasteiger partial charge in [0.1, 0.15) is 0 Å². The van der Waals surface area contributed by atoms with Gasteiger partial charge in [-0.3, -0.25) is 0 Å². The zero-order chi connectivity index (χ0) is 7.56. The minimum atomic E-state index is 0.412. The van der Waals surface area contributed by atoms with Crippen molar-refractivity contribution in [2.24, 2.45) is 5.73 Å². The lowest BCUT2D eigenvalue weighted by molar-refractivity contribution is 0.881. The van der Waals surface area contributed by atoms with Crippen LogP contribution < -0.4 is 5.73 Å². The molecule has 0 aliphatic rings. The van der Waals surface area contributed by atoms with E-state index in [1.165, 1.54) is 0 Å². The molecule has 2 N–H and O–H groups in total. The molecular weight excluding hydrogens is 150 g/mol. The van der Waals surface area contributed by atoms with Crippen LogP contribution in [0.4, 0.5) is 0 Å². The normalized spacial score (nSPS) is 9.90. The lowest BCUT2D eigenvalue weighted by Gasteiger charge is -1.98. The van der Waals surface area contributed by atoms with Crippen LogP contribution in [0, 0.1) is 6.92 Å². The molecule has 0 atom stereocenters. The molecule has 4 heteroatoms. The molecule has 1 rings (SSSR count). The fraction of sp³-hybridized carbons (Fsp3) is 0.333. The third kappa shape index (κ3) is 1.43. The summed E-state index contributed by atoms with van der Waals surface area (Å²) in [5.74, 6) is 0. The van der Waals surface area contributed by atoms with Crippen molar-refractivity contribution in [2.75, 3.05) is 0 Å². The Hall–Kier alpha value is -0.670. The monoisotopic (exact) mass is 157 g/mol. The Morgan fingerprint density at radius 1 is 1.60 bits per heavy atom. The van der Waals surface area contributed by atoms with Gasteiger partial charge in [0.2, 0.25) is 0 Å². The van der Waals surface area contributed by atoms with Gasteiger partial charge >= 0.3 is 0 Å². The molecule has 0 aliphatic carbocycles. The van der Waals surface area contributed by atoms with Crippen LogP contribution in [0.15, 0.2) is 6.07 Å². The molecule has 0 saturated carbocycles. The van der Waals surface area contributed by atoms with E-state index >= 15 is 0 Å². The molecule has 0 aliphatic heterocycles. The van der Waals surface area contributed by atoms with E-state index in [9.17, 15) is 0 Å². The van der Waals surface area contributed by atoms with Gasteiger partial charge in [-0.15, -0.1) is 5.10 Å². The summed E-state index contributed by atoms with van der Waals surface area (Å²) in [6.07, 6.45) is 0. The van der Waals surface area contributed by atoms with E-state index in [2.05, 4.69) is 10.2 Å². The van der Waals surface area contributed by atoms with E-state index in [4.69, 9.17) is 17.3 Å². The summed E-state index contributed by atoms with van der Waals surface area (Å²) < 4.78 is 0. The summed E-state index contributed by atoms with van der Waals surface area (Å²) in [6, 6.07) is 1.75. The van der Waals surface area contributed by atoms with Crippen LogP contribution in [-0.2, 0) is 6.54 Å². The third-order valence-corrected chi connectivity index (χ3v) is 1.44. The van der Waals surface area contributed by atoms with E-state index in [1.54, 1.807) is 6.07 Å². The second-order valence-electron chi connectivity index (χ2n) is 2.00. The molecular formula is C6H8ClN3. The quantitative estimate of drug-likeness (QED) is 0.659. The molecule has 0 radical (unpaired) electrons. The number of hydrogen-bond donors (Lipinski definition) is 1. The number of aryl methyl sites for hydroxylation is 1. The maximum atomic E-state index is 5.56. The highest BCUT2D eigenvalue weighted by Gasteiger charge is 1.97. The van der Waals surface area contributed by atoms with Gasteiger partial charge in [-0.1, -0.05) is 11.6 Å². The van der Waals surface area contributed by atoms with Crippen LogP contribution in [0.3, 0.4) is 0 Å². The summed E-state index contributed by atoms with van der Waals surface area (Å²) in [5.41, 5.74) is 7.14. The molecule has 1 heterocycles. The number of nitrogens with zero attached hydrogens (tertiary/aromatic N) is 2. The first-order chi connectivity index (χ1) is 4.74. The fourth-order valence-corrected chi connectivity index (χ4v) is 0.881. The molecule has 0 fully saturated rings. The maximum absolute atomic E-state index is 5.56. The first kappa shape index (κ1) is 7.44. The predicted molar refractivity (Wildman–Crippen MR) is 39.7 cm³/mol. The Morgan fingerprint density at radius 3 is 2.80 bits per heavy atom. The highest BCUT2D eigenvalue weighted by molar-refractivity contribution is 6.29. The van der Waals surface area contributed by atoms with Crippen molar-refractivity contribution in [1.29, 1.82) is 0 Å². The van der Waals surface area contributed by atoms with Crippen molar-refractivity contribution < 1.29 is 0 Å². The van der Waals surface area contributed by atoms with E-state index in [-0.39, 0.29) is 0 Å². The van der Waals surface area contributed by atoms with Crippen molar-refractivity contribution in [3.8, 4) is 0 Å². The summed E-state index contributed by atoms with van der Waals surface area (Å²) in [4.78, 5) is 0. The number of aromatic nitrogens is 2. The second-order valence-corrected chi connectivity index (χ2v) is 2.39. The van der Waals surface area contributed by atoms with Crippen LogP contribution in [-0.4, -0.2) is 10.2 Å². The minimum Gasteiger partial charge on any atom is -0.325 e. The zero-order valence-corrected chi connectivity index (χ0v) is 6.39. The molecule has 1 aromatic heterocycles. The topological polar surface area (TPSA) is 51.8 Å². The zero-order valence-electron chi connectivity index (χ0n) is 5.63. The molecule has 10 heavy (non-hydrogen) atoms. The summed E-state index contributed by atoms with van der Waals surface area (Å²) >= 11 is 5.56. The Labute approximate surface area is 64.2 Å². The maximum Gasteiger partial charge on any atom is 0.151 e. The van der Waals surface area contributed by atoms with Crippen LogP contribution in [0.25, 0.3) is 0 Å². The van der Waals surface area contributed by atoms with Gasteiger partial charge in [0.15, 0.2) is 5.15 Å². The van der Waals surface area contributed by atoms with Gasteiger partial charge in [0, 0.05) is 6.54 Å². The van der Waals surface area contributed by atoms with Crippen molar-refractivity contribution >= 4 is 11.6 Å². The van der Waals surface area contributed by atoms with E-state index < -0.39 is 0 Å². The van der Waals surface area contributed by atoms with Gasteiger partial charge in [0.05, 0.1) is 5.69 Å². The number of hydrogen-bond acceptors (Lipinski definition) is 3.